The number of nitrogens with zero attached hydrogens (tertiary/aromatic N) is 6. The molecule has 0 radical (unpaired) electrons. The van der Waals surface area contributed by atoms with E-state index >= 15 is 0 Å². The first kappa shape index (κ1) is 27.7. The molecule has 0 aliphatic carbocycles. The summed E-state index contributed by atoms with van der Waals surface area (Å²) in [5.74, 6) is 1.36. The molecule has 3 rings (SSSR count). The molecule has 0 atom stereocenters. The number of hydrogen-bond donors (Lipinski definition) is 2. The summed E-state index contributed by atoms with van der Waals surface area (Å²) in [4.78, 5) is 31.6. The first-order valence-corrected chi connectivity index (χ1v) is 11.9. The van der Waals surface area contributed by atoms with Gasteiger partial charge in [-0.2, -0.15) is 0 Å². The number of carbonyl (C=O) groups is 1. The largest absolute Gasteiger partial charge is 0.494 e. The van der Waals surface area contributed by atoms with Gasteiger partial charge in [0.05, 0.1) is 41.1 Å². The molecule has 1 amide bonds. The molecule has 196 valence electrons. The summed E-state index contributed by atoms with van der Waals surface area (Å²) < 4.78 is 5.67. The summed E-state index contributed by atoms with van der Waals surface area (Å²) in [6, 6.07) is 7.44. The molecule has 0 bridgehead atoms. The molecule has 37 heavy (non-hydrogen) atoms. The molecule has 0 fully saturated rings. The van der Waals surface area contributed by atoms with Gasteiger partial charge < -0.3 is 30.1 Å². The fourth-order valence-corrected chi connectivity index (χ4v) is 3.65. The lowest BCUT2D eigenvalue weighted by Crippen LogP contribution is -2.29. The van der Waals surface area contributed by atoms with Crippen molar-refractivity contribution >= 4 is 46.3 Å². The minimum absolute atomic E-state index is 0.309. The van der Waals surface area contributed by atoms with Crippen LogP contribution in [0, 0.1) is 0 Å². The van der Waals surface area contributed by atoms with Crippen molar-refractivity contribution in [3.8, 4) is 17.0 Å². The van der Waals surface area contributed by atoms with E-state index < -0.39 is 0 Å². The number of aromatic nitrogens is 3. The molecule has 2 heterocycles. The van der Waals surface area contributed by atoms with E-state index in [0.717, 1.165) is 30.2 Å². The van der Waals surface area contributed by atoms with Crippen LogP contribution in [0.25, 0.3) is 11.3 Å². The number of halogens is 1. The van der Waals surface area contributed by atoms with E-state index in [1.165, 1.54) is 12.3 Å². The number of amides is 1. The Bertz CT molecular complexity index is 1250. The summed E-state index contributed by atoms with van der Waals surface area (Å²) in [6.07, 6.45) is 4.47. The Labute approximate surface area is 222 Å². The number of hydrogen-bond acceptors (Lipinski definition) is 9. The Balaban J connectivity index is 1.99. The van der Waals surface area contributed by atoms with Gasteiger partial charge in [-0.15, -0.1) is 0 Å². The number of nitrogens with one attached hydrogen (secondary N) is 2. The van der Waals surface area contributed by atoms with Gasteiger partial charge in [0.1, 0.15) is 11.6 Å². The van der Waals surface area contributed by atoms with Gasteiger partial charge in [0.2, 0.25) is 11.9 Å². The van der Waals surface area contributed by atoms with Crippen LogP contribution in [0.4, 0.5) is 28.8 Å². The quantitative estimate of drug-likeness (QED) is 0.359. The minimum atomic E-state index is -0.322. The van der Waals surface area contributed by atoms with Crippen molar-refractivity contribution in [2.45, 2.75) is 0 Å². The Kier molecular flexibility index (Phi) is 9.26. The molecule has 0 aliphatic heterocycles. The van der Waals surface area contributed by atoms with Crippen LogP contribution in [-0.4, -0.2) is 81.2 Å². The van der Waals surface area contributed by atoms with Gasteiger partial charge in [-0.05, 0) is 38.4 Å². The van der Waals surface area contributed by atoms with Crippen molar-refractivity contribution in [1.29, 1.82) is 0 Å². The number of likely N-dealkylation sites (N-methyl/N-ethyl adjacent to an activating group) is 2. The molecule has 0 saturated heterocycles. The second kappa shape index (κ2) is 12.4. The van der Waals surface area contributed by atoms with Gasteiger partial charge in [0.15, 0.2) is 0 Å². The first-order valence-electron chi connectivity index (χ1n) is 11.6. The third-order valence-electron chi connectivity index (χ3n) is 5.53. The van der Waals surface area contributed by atoms with Gasteiger partial charge in [0, 0.05) is 52.1 Å². The minimum Gasteiger partial charge on any atom is -0.494 e. The predicted octanol–water partition coefficient (Wildman–Crippen LogP) is 4.13. The Morgan fingerprint density at radius 1 is 1.08 bits per heavy atom. The average Bonchev–Trinajstić information content (AvgIpc) is 2.88. The van der Waals surface area contributed by atoms with Crippen LogP contribution in [0.2, 0.25) is 5.02 Å². The first-order chi connectivity index (χ1) is 17.6. The standard InChI is InChI=1S/C26H33ClN8O2/c1-8-24(36)30-19-13-20(22(37-7)14-21(19)35(6)12-11-33(2)3)31-26-29-16-18(27)25(32-26)17-9-10-23(28-15-17)34(4)5/h8-10,13-16H,1,11-12H2,2-7H3,(H,30,36)(H,29,31,32). The van der Waals surface area contributed by atoms with Gasteiger partial charge >= 0.3 is 0 Å². The number of ether oxygens (including phenoxy) is 1. The van der Waals surface area contributed by atoms with Crippen molar-refractivity contribution in [2.24, 2.45) is 0 Å². The van der Waals surface area contributed by atoms with E-state index in [2.05, 4.69) is 37.1 Å². The molecule has 3 aromatic rings. The Morgan fingerprint density at radius 2 is 1.84 bits per heavy atom. The Morgan fingerprint density at radius 3 is 2.43 bits per heavy atom. The van der Waals surface area contributed by atoms with Crippen LogP contribution >= 0.6 is 11.6 Å². The lowest BCUT2D eigenvalue weighted by molar-refractivity contribution is -0.111. The SMILES string of the molecule is C=CC(=O)Nc1cc(Nc2ncc(Cl)c(-c3ccc(N(C)C)nc3)n2)c(OC)cc1N(C)CCN(C)C. The number of rotatable bonds is 11. The smallest absolute Gasteiger partial charge is 0.247 e. The lowest BCUT2D eigenvalue weighted by Gasteiger charge is -2.26. The zero-order valence-electron chi connectivity index (χ0n) is 22.0. The second-order valence-corrected chi connectivity index (χ2v) is 9.21. The van der Waals surface area contributed by atoms with Crippen molar-refractivity contribution in [2.75, 3.05) is 75.9 Å². The zero-order valence-corrected chi connectivity index (χ0v) is 22.8. The van der Waals surface area contributed by atoms with Gasteiger partial charge in [-0.25, -0.2) is 15.0 Å². The van der Waals surface area contributed by atoms with E-state index in [-0.39, 0.29) is 5.91 Å². The van der Waals surface area contributed by atoms with Crippen molar-refractivity contribution in [3.05, 3.63) is 54.3 Å². The molecule has 0 unspecified atom stereocenters. The number of anilines is 5. The fraction of sp³-hybridized carbons (Fsp3) is 0.308. The molecular weight excluding hydrogens is 492 g/mol. The summed E-state index contributed by atoms with van der Waals surface area (Å²) in [5.41, 5.74) is 3.25. The molecule has 0 saturated carbocycles. The van der Waals surface area contributed by atoms with E-state index in [0.29, 0.717) is 33.8 Å². The highest BCUT2D eigenvalue weighted by Crippen LogP contribution is 2.38. The average molecular weight is 525 g/mol. The zero-order chi connectivity index (χ0) is 27.1. The van der Waals surface area contributed by atoms with Crippen LogP contribution < -0.4 is 25.2 Å². The molecule has 2 N–H and O–H groups in total. The van der Waals surface area contributed by atoms with Gasteiger partial charge in [0.25, 0.3) is 0 Å². The summed E-state index contributed by atoms with van der Waals surface area (Å²) >= 11 is 6.42. The molecule has 11 heteroatoms. The molecular formula is C26H33ClN8O2. The third kappa shape index (κ3) is 7.08. The predicted molar refractivity (Wildman–Crippen MR) is 152 cm³/mol. The van der Waals surface area contributed by atoms with Crippen molar-refractivity contribution in [1.82, 2.24) is 19.9 Å². The van der Waals surface area contributed by atoms with Crippen LogP contribution in [0.15, 0.2) is 49.3 Å². The highest BCUT2D eigenvalue weighted by Gasteiger charge is 2.17. The topological polar surface area (TPSA) is 98.8 Å². The maximum atomic E-state index is 12.2. The van der Waals surface area contributed by atoms with Crippen molar-refractivity contribution in [3.63, 3.8) is 0 Å². The summed E-state index contributed by atoms with van der Waals surface area (Å²) in [6.45, 7) is 5.14. The molecule has 2 aromatic heterocycles. The third-order valence-corrected chi connectivity index (χ3v) is 5.80. The lowest BCUT2D eigenvalue weighted by atomic mass is 10.2. The Hall–Kier alpha value is -3.89. The number of methoxy groups -OCH3 is 1. The van der Waals surface area contributed by atoms with Crippen molar-refractivity contribution < 1.29 is 9.53 Å². The molecule has 1 aromatic carbocycles. The highest BCUT2D eigenvalue weighted by molar-refractivity contribution is 6.32. The van der Waals surface area contributed by atoms with Crippen LogP contribution in [0.3, 0.4) is 0 Å². The number of carbonyl (C=O) groups excluding carboxylic acids is 1. The van der Waals surface area contributed by atoms with Crippen LogP contribution in [0.1, 0.15) is 0 Å². The maximum absolute atomic E-state index is 12.2. The normalized spacial score (nSPS) is 10.7. The second-order valence-electron chi connectivity index (χ2n) is 8.80. The molecule has 10 nitrogen and oxygen atoms in total. The van der Waals surface area contributed by atoms with Crippen LogP contribution in [0.5, 0.6) is 5.75 Å². The monoisotopic (exact) mass is 524 g/mol. The van der Waals surface area contributed by atoms with Gasteiger partial charge in [-0.3, -0.25) is 4.79 Å². The highest BCUT2D eigenvalue weighted by atomic mass is 35.5. The van der Waals surface area contributed by atoms with Crippen LogP contribution in [-0.2, 0) is 4.79 Å². The fourth-order valence-electron chi connectivity index (χ4n) is 3.45. The van der Waals surface area contributed by atoms with E-state index in [1.54, 1.807) is 19.4 Å². The van der Waals surface area contributed by atoms with Gasteiger partial charge in [-0.1, -0.05) is 18.2 Å². The number of pyridine rings is 1. The van der Waals surface area contributed by atoms with E-state index in [9.17, 15) is 4.79 Å². The molecule has 0 aliphatic rings. The number of benzene rings is 1. The van der Waals surface area contributed by atoms with E-state index in [4.69, 9.17) is 16.3 Å². The summed E-state index contributed by atoms with van der Waals surface area (Å²) in [5, 5.41) is 6.48. The van der Waals surface area contributed by atoms with E-state index in [1.807, 2.05) is 63.2 Å². The molecule has 0 spiro atoms. The maximum Gasteiger partial charge on any atom is 0.247 e. The summed E-state index contributed by atoms with van der Waals surface area (Å²) in [7, 11) is 11.4.